The molecule has 2 heterocycles. The molecule has 0 spiro atoms. The summed E-state index contributed by atoms with van der Waals surface area (Å²) in [6.07, 6.45) is 0. The number of benzene rings is 2. The lowest BCUT2D eigenvalue weighted by Crippen LogP contribution is -2.25. The van der Waals surface area contributed by atoms with Crippen molar-refractivity contribution in [3.8, 4) is 0 Å². The molecular weight excluding hydrogens is 445 g/mol. The predicted octanol–water partition coefficient (Wildman–Crippen LogP) is 3.77. The van der Waals surface area contributed by atoms with E-state index in [0.29, 0.717) is 34.2 Å². The number of anilines is 1. The summed E-state index contributed by atoms with van der Waals surface area (Å²) in [6, 6.07) is 10.7. The molecule has 4 rings (SSSR count). The van der Waals surface area contributed by atoms with Crippen LogP contribution < -0.4 is 10.9 Å². The average Bonchev–Trinajstić information content (AvgIpc) is 3.19. The molecule has 0 saturated heterocycles. The van der Waals surface area contributed by atoms with Crippen LogP contribution >= 0.6 is 11.8 Å². The number of thioether (sulfide) groups is 1. The van der Waals surface area contributed by atoms with Gasteiger partial charge >= 0.3 is 0 Å². The average molecular weight is 468 g/mol. The summed E-state index contributed by atoms with van der Waals surface area (Å²) in [5, 5.41) is 11.8. The van der Waals surface area contributed by atoms with Gasteiger partial charge in [0.1, 0.15) is 5.82 Å². The fourth-order valence-corrected chi connectivity index (χ4v) is 4.26. The van der Waals surface area contributed by atoms with E-state index in [1.54, 1.807) is 28.7 Å². The summed E-state index contributed by atoms with van der Waals surface area (Å²) in [6.45, 7) is 5.79. The van der Waals surface area contributed by atoms with Crippen molar-refractivity contribution in [3.05, 3.63) is 64.2 Å². The van der Waals surface area contributed by atoms with Gasteiger partial charge in [0.2, 0.25) is 11.7 Å². The van der Waals surface area contributed by atoms with E-state index in [1.165, 1.54) is 29.7 Å². The second kappa shape index (κ2) is 9.14. The van der Waals surface area contributed by atoms with Gasteiger partial charge in [0.05, 0.1) is 16.7 Å². The van der Waals surface area contributed by atoms with Crippen LogP contribution in [-0.2, 0) is 11.3 Å². The SMILES string of the molecule is CC(=O)c1cccc(NC(=O)CSc2nnc3n(CC(C)C)c(=O)c4cc(F)ccc4n23)c1. The van der Waals surface area contributed by atoms with Crippen molar-refractivity contribution in [1.29, 1.82) is 0 Å². The molecule has 0 fully saturated rings. The van der Waals surface area contributed by atoms with Crippen LogP contribution in [0.5, 0.6) is 0 Å². The van der Waals surface area contributed by atoms with Gasteiger partial charge in [0.25, 0.3) is 5.56 Å². The van der Waals surface area contributed by atoms with Crippen LogP contribution in [0, 0.1) is 11.7 Å². The minimum atomic E-state index is -0.510. The van der Waals surface area contributed by atoms with E-state index >= 15 is 0 Å². The highest BCUT2D eigenvalue weighted by Crippen LogP contribution is 2.23. The van der Waals surface area contributed by atoms with Crippen LogP contribution in [0.1, 0.15) is 31.1 Å². The molecule has 4 aromatic rings. The van der Waals surface area contributed by atoms with Gasteiger partial charge in [-0.25, -0.2) is 4.39 Å². The largest absolute Gasteiger partial charge is 0.325 e. The van der Waals surface area contributed by atoms with E-state index < -0.39 is 5.82 Å². The number of nitrogens with zero attached hydrogens (tertiary/aromatic N) is 4. The molecule has 1 amide bonds. The molecule has 0 saturated carbocycles. The van der Waals surface area contributed by atoms with Crippen molar-refractivity contribution < 1.29 is 14.0 Å². The summed E-state index contributed by atoms with van der Waals surface area (Å²) in [7, 11) is 0. The van der Waals surface area contributed by atoms with Crippen LogP contribution in [0.15, 0.2) is 52.4 Å². The van der Waals surface area contributed by atoms with E-state index in [4.69, 9.17) is 0 Å². The Morgan fingerprint density at radius 2 is 1.94 bits per heavy atom. The molecule has 0 aliphatic rings. The number of nitrogens with one attached hydrogen (secondary N) is 1. The molecule has 10 heteroatoms. The van der Waals surface area contributed by atoms with Crippen molar-refractivity contribution in [2.45, 2.75) is 32.5 Å². The van der Waals surface area contributed by atoms with Crippen molar-refractivity contribution in [1.82, 2.24) is 19.2 Å². The van der Waals surface area contributed by atoms with Crippen LogP contribution in [-0.4, -0.2) is 36.6 Å². The lowest BCUT2D eigenvalue weighted by atomic mass is 10.1. The minimum Gasteiger partial charge on any atom is -0.325 e. The van der Waals surface area contributed by atoms with Crippen molar-refractivity contribution in [2.75, 3.05) is 11.1 Å². The smallest absolute Gasteiger partial charge is 0.262 e. The van der Waals surface area contributed by atoms with Crippen molar-refractivity contribution in [2.24, 2.45) is 5.92 Å². The zero-order valence-electron chi connectivity index (χ0n) is 18.3. The van der Waals surface area contributed by atoms with Gasteiger partial charge in [-0.1, -0.05) is 37.7 Å². The Labute approximate surface area is 192 Å². The third-order valence-electron chi connectivity index (χ3n) is 4.97. The summed E-state index contributed by atoms with van der Waals surface area (Å²) in [5.74, 6) is -0.373. The predicted molar refractivity (Wildman–Crippen MR) is 125 cm³/mol. The number of halogens is 1. The standard InChI is InChI=1S/C23H22FN5O3S/c1-13(2)11-28-21(32)18-10-16(24)7-8-19(18)29-22(28)26-27-23(29)33-12-20(31)25-17-6-4-5-15(9-17)14(3)30/h4-10,13H,11-12H2,1-3H3,(H,25,31). The minimum absolute atomic E-state index is 0.0249. The topological polar surface area (TPSA) is 98.4 Å². The molecule has 0 aliphatic heterocycles. The molecule has 0 bridgehead atoms. The zero-order valence-corrected chi connectivity index (χ0v) is 19.1. The molecule has 0 radical (unpaired) electrons. The maximum atomic E-state index is 13.9. The van der Waals surface area contributed by atoms with Gasteiger partial charge < -0.3 is 5.32 Å². The highest BCUT2D eigenvalue weighted by Gasteiger charge is 2.19. The quantitative estimate of drug-likeness (QED) is 0.328. The lowest BCUT2D eigenvalue weighted by molar-refractivity contribution is -0.113. The van der Waals surface area contributed by atoms with E-state index in [0.717, 1.165) is 11.8 Å². The highest BCUT2D eigenvalue weighted by molar-refractivity contribution is 7.99. The van der Waals surface area contributed by atoms with Crippen LogP contribution in [0.2, 0.25) is 0 Å². The lowest BCUT2D eigenvalue weighted by Gasteiger charge is -2.13. The second-order valence-electron chi connectivity index (χ2n) is 8.06. The van der Waals surface area contributed by atoms with E-state index in [-0.39, 0.29) is 34.3 Å². The molecule has 0 atom stereocenters. The van der Waals surface area contributed by atoms with Gasteiger partial charge in [-0.05, 0) is 43.2 Å². The Morgan fingerprint density at radius 1 is 1.15 bits per heavy atom. The number of aromatic nitrogens is 4. The van der Waals surface area contributed by atoms with E-state index in [1.807, 2.05) is 13.8 Å². The number of rotatable bonds is 7. The summed E-state index contributed by atoms with van der Waals surface area (Å²) in [5.41, 5.74) is 1.16. The number of carbonyl (C=O) groups is 2. The Balaban J connectivity index is 1.66. The number of hydrogen-bond acceptors (Lipinski definition) is 6. The first-order valence-corrected chi connectivity index (χ1v) is 11.3. The first-order chi connectivity index (χ1) is 15.7. The molecular formula is C23H22FN5O3S. The molecule has 33 heavy (non-hydrogen) atoms. The maximum absolute atomic E-state index is 13.9. The number of amides is 1. The van der Waals surface area contributed by atoms with Crippen molar-refractivity contribution in [3.63, 3.8) is 0 Å². The Hall–Kier alpha value is -3.53. The normalized spacial score (nSPS) is 11.4. The first kappa shape index (κ1) is 22.7. The summed E-state index contributed by atoms with van der Waals surface area (Å²) >= 11 is 1.15. The fraction of sp³-hybridized carbons (Fsp3) is 0.261. The van der Waals surface area contributed by atoms with Gasteiger partial charge in [-0.15, -0.1) is 10.2 Å². The monoisotopic (exact) mass is 467 g/mol. The first-order valence-electron chi connectivity index (χ1n) is 10.4. The molecule has 2 aromatic heterocycles. The molecule has 8 nitrogen and oxygen atoms in total. The summed E-state index contributed by atoms with van der Waals surface area (Å²) < 4.78 is 17.1. The Kier molecular flexibility index (Phi) is 6.28. The number of fused-ring (bicyclic) bond motifs is 3. The number of hydrogen-bond donors (Lipinski definition) is 1. The third kappa shape index (κ3) is 4.65. The van der Waals surface area contributed by atoms with E-state index in [2.05, 4.69) is 15.5 Å². The number of Topliss-reactive ketones (excluding diaryl/α,β-unsaturated/α-hetero) is 1. The van der Waals surface area contributed by atoms with Crippen LogP contribution in [0.4, 0.5) is 10.1 Å². The fourth-order valence-electron chi connectivity index (χ4n) is 3.52. The van der Waals surface area contributed by atoms with Gasteiger partial charge in [-0.2, -0.15) is 0 Å². The summed E-state index contributed by atoms with van der Waals surface area (Å²) in [4.78, 5) is 37.1. The van der Waals surface area contributed by atoms with Gasteiger partial charge in [0.15, 0.2) is 10.9 Å². The Bertz CT molecular complexity index is 1440. The van der Waals surface area contributed by atoms with Crippen molar-refractivity contribution >= 4 is 45.8 Å². The van der Waals surface area contributed by atoms with E-state index in [9.17, 15) is 18.8 Å². The zero-order chi connectivity index (χ0) is 23.7. The maximum Gasteiger partial charge on any atom is 0.262 e. The molecule has 2 aromatic carbocycles. The number of carbonyl (C=O) groups excluding carboxylic acids is 2. The third-order valence-corrected chi connectivity index (χ3v) is 5.89. The molecule has 0 unspecified atom stereocenters. The molecule has 0 aliphatic carbocycles. The molecule has 170 valence electrons. The number of ketones is 1. The second-order valence-corrected chi connectivity index (χ2v) is 9.01. The Morgan fingerprint density at radius 3 is 2.67 bits per heavy atom. The van der Waals surface area contributed by atoms with Gasteiger partial charge in [0, 0.05) is 17.8 Å². The van der Waals surface area contributed by atoms with Crippen LogP contribution in [0.3, 0.4) is 0 Å². The highest BCUT2D eigenvalue weighted by atomic mass is 32.2. The van der Waals surface area contributed by atoms with Gasteiger partial charge in [-0.3, -0.25) is 23.4 Å². The molecule has 1 N–H and O–H groups in total. The van der Waals surface area contributed by atoms with Crippen LogP contribution in [0.25, 0.3) is 16.7 Å².